The lowest BCUT2D eigenvalue weighted by Crippen LogP contribution is -2.43. The van der Waals surface area contributed by atoms with Crippen LogP contribution in [0.25, 0.3) is 6.08 Å². The summed E-state index contributed by atoms with van der Waals surface area (Å²) in [6.45, 7) is 8.18. The van der Waals surface area contributed by atoms with Gasteiger partial charge in [-0.25, -0.2) is 0 Å². The molecule has 1 aromatic rings. The van der Waals surface area contributed by atoms with E-state index in [9.17, 15) is 4.79 Å². The summed E-state index contributed by atoms with van der Waals surface area (Å²) in [4.78, 5) is 14.1. The summed E-state index contributed by atoms with van der Waals surface area (Å²) >= 11 is 0. The SMILES string of the molecule is C=CCCC(C(=O)NC)N(C)Cc1cc(N)ccc1C=C. The first-order valence-corrected chi connectivity index (χ1v) is 7.07. The van der Waals surface area contributed by atoms with E-state index < -0.39 is 0 Å². The van der Waals surface area contributed by atoms with E-state index in [4.69, 9.17) is 5.73 Å². The van der Waals surface area contributed by atoms with Crippen molar-refractivity contribution in [2.45, 2.75) is 25.4 Å². The number of allylic oxidation sites excluding steroid dienone is 1. The number of likely N-dealkylation sites (N-methyl/N-ethyl adjacent to an activating group) is 2. The summed E-state index contributed by atoms with van der Waals surface area (Å²) < 4.78 is 0. The van der Waals surface area contributed by atoms with Crippen LogP contribution in [0.3, 0.4) is 0 Å². The molecule has 0 saturated carbocycles. The normalized spacial score (nSPS) is 12.0. The lowest BCUT2D eigenvalue weighted by molar-refractivity contribution is -0.125. The predicted molar refractivity (Wildman–Crippen MR) is 89.7 cm³/mol. The summed E-state index contributed by atoms with van der Waals surface area (Å²) in [5.41, 5.74) is 8.68. The van der Waals surface area contributed by atoms with E-state index in [1.165, 1.54) is 0 Å². The second-order valence-corrected chi connectivity index (χ2v) is 5.07. The lowest BCUT2D eigenvalue weighted by Gasteiger charge is -2.27. The Kier molecular flexibility index (Phi) is 6.69. The fraction of sp³-hybridized carbons (Fsp3) is 0.353. The van der Waals surface area contributed by atoms with Crippen molar-refractivity contribution in [1.29, 1.82) is 0 Å². The van der Waals surface area contributed by atoms with Crippen LogP contribution in [0.4, 0.5) is 5.69 Å². The lowest BCUT2D eigenvalue weighted by atomic mass is 10.0. The van der Waals surface area contributed by atoms with E-state index in [1.54, 1.807) is 13.1 Å². The number of hydrogen-bond donors (Lipinski definition) is 2. The van der Waals surface area contributed by atoms with Gasteiger partial charge < -0.3 is 11.1 Å². The molecule has 0 radical (unpaired) electrons. The van der Waals surface area contributed by atoms with Gasteiger partial charge in [-0.2, -0.15) is 0 Å². The maximum Gasteiger partial charge on any atom is 0.237 e. The quantitative estimate of drug-likeness (QED) is 0.570. The first-order chi connectivity index (χ1) is 10.0. The van der Waals surface area contributed by atoms with Crippen LogP contribution in [0.5, 0.6) is 0 Å². The fourth-order valence-corrected chi connectivity index (χ4v) is 2.33. The highest BCUT2D eigenvalue weighted by Crippen LogP contribution is 2.18. The van der Waals surface area contributed by atoms with Gasteiger partial charge in [0.2, 0.25) is 5.91 Å². The molecule has 0 bridgehead atoms. The maximum absolute atomic E-state index is 12.0. The van der Waals surface area contributed by atoms with E-state index in [2.05, 4.69) is 18.5 Å². The van der Waals surface area contributed by atoms with Gasteiger partial charge in [0.15, 0.2) is 0 Å². The third-order valence-electron chi connectivity index (χ3n) is 3.53. The molecule has 1 atom stereocenters. The molecule has 0 aliphatic heterocycles. The fourth-order valence-electron chi connectivity index (χ4n) is 2.33. The van der Waals surface area contributed by atoms with Crippen LogP contribution in [0.1, 0.15) is 24.0 Å². The van der Waals surface area contributed by atoms with Gasteiger partial charge in [-0.15, -0.1) is 6.58 Å². The minimum absolute atomic E-state index is 0.0170. The van der Waals surface area contributed by atoms with Gasteiger partial charge in [0.25, 0.3) is 0 Å². The molecular formula is C17H25N3O. The molecule has 0 aromatic heterocycles. The maximum atomic E-state index is 12.0. The molecular weight excluding hydrogens is 262 g/mol. The highest BCUT2D eigenvalue weighted by Gasteiger charge is 2.22. The van der Waals surface area contributed by atoms with E-state index >= 15 is 0 Å². The molecule has 1 aromatic carbocycles. The number of amides is 1. The van der Waals surface area contributed by atoms with Crippen molar-refractivity contribution < 1.29 is 4.79 Å². The second-order valence-electron chi connectivity index (χ2n) is 5.07. The first kappa shape index (κ1) is 17.0. The second kappa shape index (κ2) is 8.27. The summed E-state index contributed by atoms with van der Waals surface area (Å²) in [6.07, 6.45) is 5.18. The molecule has 1 rings (SSSR count). The van der Waals surface area contributed by atoms with Gasteiger partial charge in [-0.05, 0) is 43.1 Å². The molecule has 0 spiro atoms. The van der Waals surface area contributed by atoms with Crippen molar-refractivity contribution in [2.24, 2.45) is 0 Å². The van der Waals surface area contributed by atoms with Crippen LogP contribution in [-0.4, -0.2) is 30.9 Å². The van der Waals surface area contributed by atoms with Crippen LogP contribution >= 0.6 is 0 Å². The molecule has 0 fully saturated rings. The molecule has 114 valence electrons. The van der Waals surface area contributed by atoms with Crippen molar-refractivity contribution in [3.8, 4) is 0 Å². The summed E-state index contributed by atoms with van der Waals surface area (Å²) in [5.74, 6) is 0.0170. The summed E-state index contributed by atoms with van der Waals surface area (Å²) in [6, 6.07) is 5.55. The Bertz CT molecular complexity index is 511. The number of rotatable bonds is 8. The Hall–Kier alpha value is -2.07. The van der Waals surface area contributed by atoms with E-state index in [0.29, 0.717) is 12.2 Å². The van der Waals surface area contributed by atoms with Crippen LogP contribution in [-0.2, 0) is 11.3 Å². The van der Waals surface area contributed by atoms with E-state index in [0.717, 1.165) is 24.0 Å². The minimum Gasteiger partial charge on any atom is -0.399 e. The number of nitrogen functional groups attached to an aromatic ring is 1. The van der Waals surface area contributed by atoms with Gasteiger partial charge in [-0.3, -0.25) is 9.69 Å². The molecule has 3 N–H and O–H groups in total. The molecule has 1 unspecified atom stereocenters. The standard InChI is InChI=1S/C17H25N3O/c1-5-7-8-16(17(21)19-3)20(4)12-14-11-15(18)10-9-13(14)6-2/h5-6,9-11,16H,1-2,7-8,12,18H2,3-4H3,(H,19,21). The van der Waals surface area contributed by atoms with Gasteiger partial charge in [-0.1, -0.05) is 24.8 Å². The Labute approximate surface area is 127 Å². The molecule has 4 nitrogen and oxygen atoms in total. The smallest absolute Gasteiger partial charge is 0.237 e. The third kappa shape index (κ3) is 4.76. The Balaban J connectivity index is 2.92. The predicted octanol–water partition coefficient (Wildman–Crippen LogP) is 2.42. The number of carbonyl (C=O) groups excluding carboxylic acids is 1. The average molecular weight is 287 g/mol. The zero-order valence-electron chi connectivity index (χ0n) is 12.9. The van der Waals surface area contributed by atoms with Crippen molar-refractivity contribution >= 4 is 17.7 Å². The summed E-state index contributed by atoms with van der Waals surface area (Å²) in [7, 11) is 3.60. The van der Waals surface area contributed by atoms with Gasteiger partial charge in [0.1, 0.15) is 0 Å². The molecule has 0 aliphatic carbocycles. The number of nitrogens with zero attached hydrogens (tertiary/aromatic N) is 1. The molecule has 1 amide bonds. The van der Waals surface area contributed by atoms with Gasteiger partial charge in [0, 0.05) is 19.3 Å². The molecule has 21 heavy (non-hydrogen) atoms. The van der Waals surface area contributed by atoms with Crippen molar-refractivity contribution in [1.82, 2.24) is 10.2 Å². The van der Waals surface area contributed by atoms with Crippen molar-refractivity contribution in [3.05, 3.63) is 48.6 Å². The minimum atomic E-state index is -0.188. The Morgan fingerprint density at radius 3 is 2.76 bits per heavy atom. The first-order valence-electron chi connectivity index (χ1n) is 7.07. The van der Waals surface area contributed by atoms with Crippen LogP contribution in [0, 0.1) is 0 Å². The number of nitrogens with one attached hydrogen (secondary N) is 1. The van der Waals surface area contributed by atoms with Crippen LogP contribution < -0.4 is 11.1 Å². The van der Waals surface area contributed by atoms with Gasteiger partial charge in [0.05, 0.1) is 6.04 Å². The zero-order valence-corrected chi connectivity index (χ0v) is 12.9. The zero-order chi connectivity index (χ0) is 15.8. The van der Waals surface area contributed by atoms with Crippen LogP contribution in [0.2, 0.25) is 0 Å². The Morgan fingerprint density at radius 2 is 2.19 bits per heavy atom. The highest BCUT2D eigenvalue weighted by molar-refractivity contribution is 5.81. The topological polar surface area (TPSA) is 58.4 Å². The van der Waals surface area contributed by atoms with E-state index in [1.807, 2.05) is 36.2 Å². The molecule has 0 aliphatic rings. The summed E-state index contributed by atoms with van der Waals surface area (Å²) in [5, 5.41) is 2.72. The highest BCUT2D eigenvalue weighted by atomic mass is 16.2. The van der Waals surface area contributed by atoms with Gasteiger partial charge >= 0.3 is 0 Å². The number of nitrogens with two attached hydrogens (primary N) is 1. The number of benzene rings is 1. The largest absolute Gasteiger partial charge is 0.399 e. The monoisotopic (exact) mass is 287 g/mol. The third-order valence-corrected chi connectivity index (χ3v) is 3.53. The van der Waals surface area contributed by atoms with Crippen molar-refractivity contribution in [2.75, 3.05) is 19.8 Å². The number of anilines is 1. The molecule has 0 saturated heterocycles. The molecule has 4 heteroatoms. The molecule has 0 heterocycles. The number of hydrogen-bond acceptors (Lipinski definition) is 3. The van der Waals surface area contributed by atoms with E-state index in [-0.39, 0.29) is 11.9 Å². The average Bonchev–Trinajstić information content (AvgIpc) is 2.47. The van der Waals surface area contributed by atoms with Crippen molar-refractivity contribution in [3.63, 3.8) is 0 Å². The van der Waals surface area contributed by atoms with Crippen LogP contribution in [0.15, 0.2) is 37.4 Å². The number of carbonyl (C=O) groups is 1. The Morgan fingerprint density at radius 1 is 1.48 bits per heavy atom.